The predicted molar refractivity (Wildman–Crippen MR) is 101 cm³/mol. The Labute approximate surface area is 155 Å². The topological polar surface area (TPSA) is 70.2 Å². The number of benzene rings is 1. The van der Waals surface area contributed by atoms with Crippen molar-refractivity contribution in [3.63, 3.8) is 0 Å². The summed E-state index contributed by atoms with van der Waals surface area (Å²) in [5.74, 6) is 2.34. The highest BCUT2D eigenvalue weighted by Crippen LogP contribution is 2.55. The maximum atomic E-state index is 12.3. The summed E-state index contributed by atoms with van der Waals surface area (Å²) in [5, 5.41) is 9.05. The van der Waals surface area contributed by atoms with Crippen LogP contribution in [0.3, 0.4) is 0 Å². The Morgan fingerprint density at radius 2 is 1.46 bits per heavy atom. The van der Waals surface area contributed by atoms with Gasteiger partial charge < -0.3 is 16.0 Å². The van der Waals surface area contributed by atoms with Gasteiger partial charge in [0, 0.05) is 24.2 Å². The number of carbonyl (C=O) groups is 2. The average Bonchev–Trinajstić information content (AvgIpc) is 2.57. The molecule has 0 aliphatic heterocycles. The number of amides is 3. The number of nitrogens with one attached hydrogen (secondary N) is 3. The number of carbonyl (C=O) groups excluding carboxylic acids is 2. The van der Waals surface area contributed by atoms with Crippen molar-refractivity contribution in [1.82, 2.24) is 16.0 Å². The van der Waals surface area contributed by atoms with Gasteiger partial charge in [0.15, 0.2) is 0 Å². The van der Waals surface area contributed by atoms with Gasteiger partial charge in [-0.2, -0.15) is 0 Å². The van der Waals surface area contributed by atoms with E-state index in [4.69, 9.17) is 0 Å². The van der Waals surface area contributed by atoms with Gasteiger partial charge in [0.25, 0.3) is 5.91 Å². The number of hydrogen-bond acceptors (Lipinski definition) is 2. The van der Waals surface area contributed by atoms with Gasteiger partial charge in [0.2, 0.25) is 0 Å². The molecule has 0 atom stereocenters. The van der Waals surface area contributed by atoms with E-state index >= 15 is 0 Å². The first-order valence-electron chi connectivity index (χ1n) is 9.92. The van der Waals surface area contributed by atoms with E-state index in [1.165, 1.54) is 19.3 Å². The third-order valence-electron chi connectivity index (χ3n) is 6.43. The molecule has 0 saturated heterocycles. The quantitative estimate of drug-likeness (QED) is 0.711. The summed E-state index contributed by atoms with van der Waals surface area (Å²) in [7, 11) is 0. The molecule has 0 unspecified atom stereocenters. The monoisotopic (exact) mass is 355 g/mol. The molecule has 4 bridgehead atoms. The van der Waals surface area contributed by atoms with Crippen LogP contribution in [0.25, 0.3) is 0 Å². The molecular weight excluding hydrogens is 326 g/mol. The molecular formula is C21H29N3O2. The molecule has 4 aliphatic rings. The minimum atomic E-state index is -0.103. The van der Waals surface area contributed by atoms with E-state index in [9.17, 15) is 9.59 Å². The molecule has 0 spiro atoms. The van der Waals surface area contributed by atoms with Gasteiger partial charge in [0.05, 0.1) is 0 Å². The van der Waals surface area contributed by atoms with Crippen LogP contribution in [0.15, 0.2) is 24.3 Å². The second-order valence-corrected chi connectivity index (χ2v) is 8.70. The van der Waals surface area contributed by atoms with Crippen LogP contribution < -0.4 is 16.0 Å². The van der Waals surface area contributed by atoms with Crippen molar-refractivity contribution in [3.8, 4) is 0 Å². The van der Waals surface area contributed by atoms with Crippen molar-refractivity contribution < 1.29 is 9.59 Å². The fraction of sp³-hybridized carbons (Fsp3) is 0.619. The van der Waals surface area contributed by atoms with Crippen LogP contribution in [0.4, 0.5) is 4.79 Å². The van der Waals surface area contributed by atoms with E-state index < -0.39 is 0 Å². The Kier molecular flexibility index (Phi) is 4.63. The second-order valence-electron chi connectivity index (χ2n) is 8.70. The largest absolute Gasteiger partial charge is 0.350 e. The fourth-order valence-corrected chi connectivity index (χ4v) is 5.71. The van der Waals surface area contributed by atoms with E-state index in [0.717, 1.165) is 42.6 Å². The molecule has 3 amide bonds. The zero-order valence-electron chi connectivity index (χ0n) is 15.5. The van der Waals surface area contributed by atoms with Gasteiger partial charge in [0.1, 0.15) is 0 Å². The van der Waals surface area contributed by atoms with E-state index in [1.54, 1.807) is 0 Å². The number of aryl methyl sites for hydroxylation is 1. The molecule has 3 N–H and O–H groups in total. The van der Waals surface area contributed by atoms with Crippen molar-refractivity contribution in [2.24, 2.45) is 17.8 Å². The van der Waals surface area contributed by atoms with E-state index in [1.807, 2.05) is 31.2 Å². The Morgan fingerprint density at radius 3 is 2.04 bits per heavy atom. The molecule has 0 aromatic heterocycles. The lowest BCUT2D eigenvalue weighted by molar-refractivity contribution is -0.0135. The van der Waals surface area contributed by atoms with E-state index in [2.05, 4.69) is 16.0 Å². The normalized spacial score (nSPS) is 31.5. The lowest BCUT2D eigenvalue weighted by atomic mass is 9.53. The highest BCUT2D eigenvalue weighted by Gasteiger charge is 2.51. The summed E-state index contributed by atoms with van der Waals surface area (Å²) < 4.78 is 0. The highest BCUT2D eigenvalue weighted by molar-refractivity contribution is 5.94. The minimum Gasteiger partial charge on any atom is -0.350 e. The van der Waals surface area contributed by atoms with Gasteiger partial charge in [-0.25, -0.2) is 4.79 Å². The standard InChI is InChI=1S/C21H29N3O2/c1-14-2-4-18(5-3-14)19(25)22-6-7-23-20(26)24-21-11-15-8-16(12-21)10-17(9-15)13-21/h2-5,15-17H,6-13H2,1H3,(H,22,25)(H2,23,24,26). The van der Waals surface area contributed by atoms with Crippen LogP contribution in [0.5, 0.6) is 0 Å². The molecule has 1 aromatic carbocycles. The molecule has 4 fully saturated rings. The molecule has 4 saturated carbocycles. The van der Waals surface area contributed by atoms with Crippen molar-refractivity contribution in [3.05, 3.63) is 35.4 Å². The Balaban J connectivity index is 1.20. The zero-order chi connectivity index (χ0) is 18.1. The first-order valence-corrected chi connectivity index (χ1v) is 9.92. The Morgan fingerprint density at radius 1 is 0.923 bits per heavy atom. The lowest BCUT2D eigenvalue weighted by Gasteiger charge is -2.56. The van der Waals surface area contributed by atoms with Crippen LogP contribution in [-0.2, 0) is 0 Å². The molecule has 5 heteroatoms. The first kappa shape index (κ1) is 17.4. The van der Waals surface area contributed by atoms with Gasteiger partial charge in [-0.3, -0.25) is 4.79 Å². The van der Waals surface area contributed by atoms with Crippen molar-refractivity contribution in [2.45, 2.75) is 51.0 Å². The Bertz CT molecular complexity index is 648. The van der Waals surface area contributed by atoms with E-state index in [-0.39, 0.29) is 17.5 Å². The maximum absolute atomic E-state index is 12.3. The zero-order valence-corrected chi connectivity index (χ0v) is 15.5. The SMILES string of the molecule is Cc1ccc(C(=O)NCCNC(=O)NC23CC4CC(CC(C4)C2)C3)cc1. The number of urea groups is 1. The van der Waals surface area contributed by atoms with Crippen LogP contribution in [0.1, 0.15) is 54.4 Å². The summed E-state index contributed by atoms with van der Waals surface area (Å²) in [4.78, 5) is 24.4. The summed E-state index contributed by atoms with van der Waals surface area (Å²) >= 11 is 0. The summed E-state index contributed by atoms with van der Waals surface area (Å²) in [6.07, 6.45) is 7.55. The minimum absolute atomic E-state index is 0.0317. The molecule has 1 aromatic rings. The van der Waals surface area contributed by atoms with Crippen LogP contribution in [0.2, 0.25) is 0 Å². The van der Waals surface area contributed by atoms with Crippen LogP contribution in [-0.4, -0.2) is 30.6 Å². The molecule has 5 nitrogen and oxygen atoms in total. The van der Waals surface area contributed by atoms with Crippen LogP contribution in [0, 0.1) is 24.7 Å². The van der Waals surface area contributed by atoms with Gasteiger partial charge in [-0.1, -0.05) is 17.7 Å². The van der Waals surface area contributed by atoms with Crippen molar-refractivity contribution >= 4 is 11.9 Å². The average molecular weight is 355 g/mol. The first-order chi connectivity index (χ1) is 12.5. The summed E-state index contributed by atoms with van der Waals surface area (Å²) in [6.45, 7) is 2.87. The van der Waals surface area contributed by atoms with Crippen molar-refractivity contribution in [1.29, 1.82) is 0 Å². The Hall–Kier alpha value is -2.04. The third-order valence-corrected chi connectivity index (χ3v) is 6.43. The molecule has 0 radical (unpaired) electrons. The predicted octanol–water partition coefficient (Wildman–Crippen LogP) is 2.99. The third kappa shape index (κ3) is 3.71. The van der Waals surface area contributed by atoms with Crippen LogP contribution >= 0.6 is 0 Å². The van der Waals surface area contributed by atoms with Gasteiger partial charge in [-0.05, 0) is 75.3 Å². The molecule has 5 rings (SSSR count). The molecule has 4 aliphatic carbocycles. The summed E-state index contributed by atoms with van der Waals surface area (Å²) in [5.41, 5.74) is 1.81. The molecule has 26 heavy (non-hydrogen) atoms. The highest BCUT2D eigenvalue weighted by atomic mass is 16.2. The maximum Gasteiger partial charge on any atom is 0.315 e. The second kappa shape index (κ2) is 6.93. The molecule has 140 valence electrons. The van der Waals surface area contributed by atoms with Gasteiger partial charge in [-0.15, -0.1) is 0 Å². The fourth-order valence-electron chi connectivity index (χ4n) is 5.71. The van der Waals surface area contributed by atoms with E-state index in [0.29, 0.717) is 18.7 Å². The lowest BCUT2D eigenvalue weighted by Crippen LogP contribution is -2.61. The number of hydrogen-bond donors (Lipinski definition) is 3. The van der Waals surface area contributed by atoms with Crippen molar-refractivity contribution in [2.75, 3.05) is 13.1 Å². The summed E-state index contributed by atoms with van der Waals surface area (Å²) in [6, 6.07) is 7.39. The van der Waals surface area contributed by atoms with Gasteiger partial charge >= 0.3 is 6.03 Å². The number of rotatable bonds is 5. The smallest absolute Gasteiger partial charge is 0.315 e. The molecule has 0 heterocycles.